The Hall–Kier alpha value is -1.05. The van der Waals surface area contributed by atoms with Crippen LogP contribution >= 0.6 is 0 Å². The average Bonchev–Trinajstić information content (AvgIpc) is 2.37. The van der Waals surface area contributed by atoms with Gasteiger partial charge in [0.05, 0.1) is 11.4 Å². The number of alkyl halides is 2. The lowest BCUT2D eigenvalue weighted by molar-refractivity contribution is 0.153. The molecule has 0 saturated carbocycles. The average molecular weight is 306 g/mol. The van der Waals surface area contributed by atoms with Gasteiger partial charge in [0, 0.05) is 6.04 Å². The fraction of sp³-hybridized carbons (Fsp3) is 0.538. The van der Waals surface area contributed by atoms with Crippen LogP contribution in [0.2, 0.25) is 0 Å². The standard InChI is InChI=1S/C13H20F2N2O2S/c1-10(2)16-8-7-11-3-5-12(6-4-11)20(18,19)17-9-13(14)15/h3-6,10,13,16-17H,7-9H2,1-2H3. The van der Waals surface area contributed by atoms with Crippen molar-refractivity contribution in [2.45, 2.75) is 37.6 Å². The van der Waals surface area contributed by atoms with Gasteiger partial charge in [0.25, 0.3) is 6.43 Å². The van der Waals surface area contributed by atoms with Gasteiger partial charge in [0.2, 0.25) is 10.0 Å². The van der Waals surface area contributed by atoms with Crippen LogP contribution in [-0.2, 0) is 16.4 Å². The molecule has 0 radical (unpaired) electrons. The third-order valence-electron chi connectivity index (χ3n) is 2.63. The highest BCUT2D eigenvalue weighted by molar-refractivity contribution is 7.89. The molecule has 1 rings (SSSR count). The summed E-state index contributed by atoms with van der Waals surface area (Å²) in [6, 6.07) is 6.64. The Morgan fingerprint density at radius 3 is 2.25 bits per heavy atom. The molecule has 0 atom stereocenters. The van der Waals surface area contributed by atoms with Crippen molar-refractivity contribution in [3.8, 4) is 0 Å². The summed E-state index contributed by atoms with van der Waals surface area (Å²) in [5.74, 6) is 0. The summed E-state index contributed by atoms with van der Waals surface area (Å²) in [5.41, 5.74) is 0.992. The molecule has 0 bridgehead atoms. The Bertz CT molecular complexity index is 502. The van der Waals surface area contributed by atoms with Crippen LogP contribution in [0.5, 0.6) is 0 Å². The van der Waals surface area contributed by atoms with Crippen LogP contribution in [-0.4, -0.2) is 34.0 Å². The topological polar surface area (TPSA) is 58.2 Å². The molecule has 0 unspecified atom stereocenters. The second-order valence-corrected chi connectivity index (χ2v) is 6.51. The second-order valence-electron chi connectivity index (χ2n) is 4.75. The van der Waals surface area contributed by atoms with Gasteiger partial charge in [-0.2, -0.15) is 0 Å². The van der Waals surface area contributed by atoms with Gasteiger partial charge in [-0.1, -0.05) is 26.0 Å². The monoisotopic (exact) mass is 306 g/mol. The number of hydrogen-bond donors (Lipinski definition) is 2. The van der Waals surface area contributed by atoms with E-state index in [4.69, 9.17) is 0 Å². The lowest BCUT2D eigenvalue weighted by Gasteiger charge is -2.09. The van der Waals surface area contributed by atoms with Crippen LogP contribution in [0.4, 0.5) is 8.78 Å². The number of halogens is 2. The predicted molar refractivity (Wildman–Crippen MR) is 74.5 cm³/mol. The fourth-order valence-corrected chi connectivity index (χ4v) is 2.60. The maximum atomic E-state index is 12.0. The first-order valence-electron chi connectivity index (χ1n) is 6.41. The fourth-order valence-electron chi connectivity index (χ4n) is 1.60. The minimum Gasteiger partial charge on any atom is -0.314 e. The van der Waals surface area contributed by atoms with Crippen molar-refractivity contribution in [3.63, 3.8) is 0 Å². The van der Waals surface area contributed by atoms with E-state index in [1.807, 2.05) is 18.6 Å². The zero-order valence-electron chi connectivity index (χ0n) is 11.6. The summed E-state index contributed by atoms with van der Waals surface area (Å²) in [7, 11) is -3.85. The summed E-state index contributed by atoms with van der Waals surface area (Å²) in [5, 5.41) is 3.26. The Kier molecular flexibility index (Phi) is 6.51. The molecule has 0 aliphatic carbocycles. The highest BCUT2D eigenvalue weighted by Crippen LogP contribution is 2.11. The summed E-state index contributed by atoms with van der Waals surface area (Å²) >= 11 is 0. The van der Waals surface area contributed by atoms with Gasteiger partial charge in [-0.25, -0.2) is 21.9 Å². The molecule has 0 aliphatic heterocycles. The van der Waals surface area contributed by atoms with Gasteiger partial charge in [0.15, 0.2) is 0 Å². The molecular weight excluding hydrogens is 286 g/mol. The van der Waals surface area contributed by atoms with Crippen LogP contribution in [0.1, 0.15) is 19.4 Å². The Morgan fingerprint density at radius 1 is 1.15 bits per heavy atom. The van der Waals surface area contributed by atoms with E-state index in [1.54, 1.807) is 12.1 Å². The van der Waals surface area contributed by atoms with Crippen LogP contribution in [0.3, 0.4) is 0 Å². The number of benzene rings is 1. The lowest BCUT2D eigenvalue weighted by Crippen LogP contribution is -2.28. The number of nitrogens with one attached hydrogen (secondary N) is 2. The molecule has 0 spiro atoms. The number of rotatable bonds is 8. The van der Waals surface area contributed by atoms with E-state index in [-0.39, 0.29) is 4.90 Å². The Morgan fingerprint density at radius 2 is 1.75 bits per heavy atom. The van der Waals surface area contributed by atoms with Gasteiger partial charge in [-0.15, -0.1) is 0 Å². The molecule has 0 amide bonds. The highest BCUT2D eigenvalue weighted by Gasteiger charge is 2.15. The molecule has 1 aromatic carbocycles. The van der Waals surface area contributed by atoms with E-state index < -0.39 is 23.0 Å². The molecule has 0 heterocycles. The van der Waals surface area contributed by atoms with Gasteiger partial charge >= 0.3 is 0 Å². The molecule has 0 aliphatic rings. The largest absolute Gasteiger partial charge is 0.314 e. The van der Waals surface area contributed by atoms with Crippen LogP contribution in [0, 0.1) is 0 Å². The molecule has 0 fully saturated rings. The highest BCUT2D eigenvalue weighted by atomic mass is 32.2. The van der Waals surface area contributed by atoms with Crippen LogP contribution in [0.25, 0.3) is 0 Å². The van der Waals surface area contributed by atoms with Crippen molar-refractivity contribution in [2.75, 3.05) is 13.1 Å². The lowest BCUT2D eigenvalue weighted by atomic mass is 10.1. The van der Waals surface area contributed by atoms with Crippen molar-refractivity contribution in [1.29, 1.82) is 0 Å². The van der Waals surface area contributed by atoms with Crippen molar-refractivity contribution in [1.82, 2.24) is 10.0 Å². The molecule has 2 N–H and O–H groups in total. The van der Waals surface area contributed by atoms with E-state index in [9.17, 15) is 17.2 Å². The first-order valence-corrected chi connectivity index (χ1v) is 7.89. The Labute approximate surface area is 118 Å². The summed E-state index contributed by atoms with van der Waals surface area (Å²) in [6.07, 6.45) is -1.92. The maximum absolute atomic E-state index is 12.0. The van der Waals surface area contributed by atoms with Gasteiger partial charge in [-0.05, 0) is 30.7 Å². The van der Waals surface area contributed by atoms with Crippen LogP contribution < -0.4 is 10.0 Å². The predicted octanol–water partition coefficient (Wildman–Crippen LogP) is 1.77. The normalized spacial score (nSPS) is 12.3. The number of hydrogen-bond acceptors (Lipinski definition) is 3. The minimum absolute atomic E-state index is 0.00119. The third-order valence-corrected chi connectivity index (χ3v) is 4.07. The maximum Gasteiger partial charge on any atom is 0.251 e. The van der Waals surface area contributed by atoms with E-state index >= 15 is 0 Å². The molecule has 0 aromatic heterocycles. The first kappa shape index (κ1) is 17.0. The molecule has 4 nitrogen and oxygen atoms in total. The SMILES string of the molecule is CC(C)NCCc1ccc(S(=O)(=O)NCC(F)F)cc1. The van der Waals surface area contributed by atoms with E-state index in [0.717, 1.165) is 18.5 Å². The van der Waals surface area contributed by atoms with E-state index in [0.29, 0.717) is 6.04 Å². The molecule has 1 aromatic rings. The minimum atomic E-state index is -3.85. The second kappa shape index (κ2) is 7.66. The van der Waals surface area contributed by atoms with E-state index in [2.05, 4.69) is 5.32 Å². The van der Waals surface area contributed by atoms with E-state index in [1.165, 1.54) is 12.1 Å². The number of sulfonamides is 1. The zero-order chi connectivity index (χ0) is 15.2. The van der Waals surface area contributed by atoms with Crippen molar-refractivity contribution < 1.29 is 17.2 Å². The van der Waals surface area contributed by atoms with Gasteiger partial charge in [-0.3, -0.25) is 0 Å². The summed E-state index contributed by atoms with van der Waals surface area (Å²) < 4.78 is 49.3. The first-order chi connectivity index (χ1) is 9.31. The van der Waals surface area contributed by atoms with Crippen molar-refractivity contribution >= 4 is 10.0 Å². The Balaban J connectivity index is 2.61. The van der Waals surface area contributed by atoms with Crippen molar-refractivity contribution in [2.24, 2.45) is 0 Å². The van der Waals surface area contributed by atoms with Crippen molar-refractivity contribution in [3.05, 3.63) is 29.8 Å². The molecule has 114 valence electrons. The van der Waals surface area contributed by atoms with Gasteiger partial charge in [0.1, 0.15) is 0 Å². The third kappa shape index (κ3) is 5.94. The summed E-state index contributed by atoms with van der Waals surface area (Å²) in [6.45, 7) is 4.02. The zero-order valence-corrected chi connectivity index (χ0v) is 12.4. The molecule has 20 heavy (non-hydrogen) atoms. The van der Waals surface area contributed by atoms with Crippen LogP contribution in [0.15, 0.2) is 29.2 Å². The summed E-state index contributed by atoms with van der Waals surface area (Å²) in [4.78, 5) is -0.00119. The molecule has 7 heteroatoms. The molecule has 0 saturated heterocycles. The smallest absolute Gasteiger partial charge is 0.251 e. The van der Waals surface area contributed by atoms with Gasteiger partial charge < -0.3 is 5.32 Å². The quantitative estimate of drug-likeness (QED) is 0.769. The molecular formula is C13H20F2N2O2S.